The number of thioether (sulfide) groups is 1. The second-order valence-electron chi connectivity index (χ2n) is 23.8. The van der Waals surface area contributed by atoms with E-state index in [1.165, 1.54) is 54.3 Å². The number of aliphatic imine (C=N–C) groups is 1. The van der Waals surface area contributed by atoms with Gasteiger partial charge in [-0.2, -0.15) is 0 Å². The number of unbranched alkanes of at least 4 members (excludes halogenated alkanes) is 3. The van der Waals surface area contributed by atoms with Crippen molar-refractivity contribution in [3.63, 3.8) is 0 Å². The number of aliphatic carboxylic acids is 2. The maximum atomic E-state index is 14.9. The third-order valence-corrected chi connectivity index (χ3v) is 18.0. The Morgan fingerprint density at radius 2 is 1.20 bits per heavy atom. The van der Waals surface area contributed by atoms with E-state index < -0.39 is 152 Å². The fourth-order valence-electron chi connectivity index (χ4n) is 10.4. The number of nitrogens with zero attached hydrogens (tertiary/aromatic N) is 3. The van der Waals surface area contributed by atoms with Crippen molar-refractivity contribution in [1.82, 2.24) is 31.2 Å². The number of carboxylic acids is 2. The van der Waals surface area contributed by atoms with Crippen molar-refractivity contribution < 1.29 is 83.0 Å². The zero-order chi connectivity index (χ0) is 69.0. The van der Waals surface area contributed by atoms with Gasteiger partial charge in [-0.3, -0.25) is 48.1 Å². The molecule has 1 aliphatic rings. The van der Waals surface area contributed by atoms with E-state index in [1.54, 1.807) is 78.9 Å². The number of carbonyl (C=O) groups is 11. The number of aromatic nitrogens is 1. The first-order chi connectivity index (χ1) is 45.5. The van der Waals surface area contributed by atoms with E-state index >= 15 is 0 Å². The average molecular weight is 1350 g/mol. The lowest BCUT2D eigenvalue weighted by Gasteiger charge is -2.27. The largest absolute Gasteiger partial charge is 0.508 e. The van der Waals surface area contributed by atoms with E-state index in [2.05, 4.69) is 36.6 Å². The summed E-state index contributed by atoms with van der Waals surface area (Å²) < 4.78 is 6.00. The number of aliphatic hydroxyl groups excluding tert-OH is 2. The summed E-state index contributed by atoms with van der Waals surface area (Å²) in [6.45, 7) is 0.285. The van der Waals surface area contributed by atoms with Crippen LogP contribution in [-0.4, -0.2) is 175 Å². The Morgan fingerprint density at radius 1 is 0.600 bits per heavy atom. The number of ketones is 3. The van der Waals surface area contributed by atoms with Crippen molar-refractivity contribution in [1.29, 1.82) is 0 Å². The highest BCUT2D eigenvalue weighted by atomic mass is 32.2. The number of Topliss-reactive ketones (excluding diaryl/α,β-unsaturated/α-hetero) is 3. The van der Waals surface area contributed by atoms with E-state index in [9.17, 15) is 78.3 Å². The van der Waals surface area contributed by atoms with E-state index in [4.69, 9.17) is 4.74 Å². The normalized spacial score (nSPS) is 15.0. The molecule has 0 radical (unpaired) electrons. The smallest absolute Gasteiger partial charge is 0.329 e. The molecule has 0 unspecified atom stereocenters. The third-order valence-electron chi connectivity index (χ3n) is 15.8. The Hall–Kier alpha value is -8.76. The first kappa shape index (κ1) is 75.3. The molecule has 5 amide bonds. The van der Waals surface area contributed by atoms with Crippen LogP contribution in [0.5, 0.6) is 5.75 Å². The second-order valence-corrected chi connectivity index (χ2v) is 25.8. The molecule has 0 bridgehead atoms. The molecule has 1 aliphatic heterocycles. The molecule has 510 valence electrons. The van der Waals surface area contributed by atoms with Gasteiger partial charge in [-0.25, -0.2) is 9.78 Å². The Morgan fingerprint density at radius 3 is 1.83 bits per heavy atom. The first-order valence-electron chi connectivity index (χ1n) is 31.5. The number of thiazole rings is 1. The number of fused-ring (bicyclic) bond motifs is 1. The molecular weight excluding hydrogens is 1260 g/mol. The van der Waals surface area contributed by atoms with Crippen LogP contribution >= 0.6 is 23.1 Å². The number of aromatic hydroxyl groups is 1. The molecule has 8 atom stereocenters. The fourth-order valence-corrected chi connectivity index (χ4v) is 12.5. The number of anilines is 1. The zero-order valence-electron chi connectivity index (χ0n) is 53.4. The molecule has 4 aromatic carbocycles. The molecule has 0 aliphatic carbocycles. The summed E-state index contributed by atoms with van der Waals surface area (Å²) in [5.74, 6) is -12.3. The molecular formula is C68H84N8O17S2. The van der Waals surface area contributed by atoms with Gasteiger partial charge in [-0.05, 0) is 126 Å². The van der Waals surface area contributed by atoms with Crippen LogP contribution in [0.2, 0.25) is 0 Å². The SMILES string of the molecule is CC(=O)CCCCC[C@H](CC(=O)[C@H](CO)NC(=O)[C@@H](CC(=O)[C@H](Cc1ccc(O)cc1)NC(=O)[C@H](CCC(=O)O)NC(=O)[C@H](CCCCN(C)C)NC(=O)[C@H](CO)CC(=O)OCc1ccccc1)Cc1ccccc1)C(=O)Nc1ccc2nc(C3=N[C@@H](C(=O)O)CS3)sc2c1. The number of rotatable bonds is 42. The summed E-state index contributed by atoms with van der Waals surface area (Å²) in [5.41, 5.74) is 2.66. The number of carbonyl (C=O) groups excluding carboxylic acids is 9. The topological polar surface area (TPSA) is 387 Å². The van der Waals surface area contributed by atoms with Gasteiger partial charge in [-0.1, -0.05) is 85.6 Å². The Balaban J connectivity index is 1.21. The van der Waals surface area contributed by atoms with Crippen LogP contribution in [-0.2, 0) is 76.9 Å². The van der Waals surface area contributed by atoms with Crippen LogP contribution in [0, 0.1) is 17.8 Å². The summed E-state index contributed by atoms with van der Waals surface area (Å²) in [6.07, 6.45) is -0.0838. The summed E-state index contributed by atoms with van der Waals surface area (Å²) in [6, 6.07) is 21.1. The van der Waals surface area contributed by atoms with Crippen LogP contribution in [0.3, 0.4) is 0 Å². The number of benzene rings is 4. The molecule has 0 spiro atoms. The molecule has 6 rings (SSSR count). The van der Waals surface area contributed by atoms with Gasteiger partial charge in [0, 0.05) is 49.0 Å². The molecule has 0 saturated heterocycles. The first-order valence-corrected chi connectivity index (χ1v) is 33.3. The summed E-state index contributed by atoms with van der Waals surface area (Å²) in [5, 5.41) is 64.8. The Bertz CT molecular complexity index is 3480. The van der Waals surface area contributed by atoms with Gasteiger partial charge < -0.3 is 66.5 Å². The minimum Gasteiger partial charge on any atom is -0.508 e. The van der Waals surface area contributed by atoms with Gasteiger partial charge in [0.2, 0.25) is 29.5 Å². The van der Waals surface area contributed by atoms with E-state index in [0.29, 0.717) is 87.7 Å². The minimum atomic E-state index is -1.65. The third kappa shape index (κ3) is 25.5. The highest BCUT2D eigenvalue weighted by Gasteiger charge is 2.36. The number of carboxylic acid groups (broad SMARTS) is 2. The lowest BCUT2D eigenvalue weighted by molar-refractivity contribution is -0.149. The lowest BCUT2D eigenvalue weighted by atomic mass is 9.88. The van der Waals surface area contributed by atoms with Crippen molar-refractivity contribution in [2.24, 2.45) is 22.7 Å². The van der Waals surface area contributed by atoms with Gasteiger partial charge in [0.1, 0.15) is 46.3 Å². The molecule has 0 fully saturated rings. The van der Waals surface area contributed by atoms with Crippen molar-refractivity contribution in [3.8, 4) is 5.75 Å². The average Bonchev–Trinajstić information content (AvgIpc) is 1.69. The fraction of sp³-hybridized carbons (Fsp3) is 0.456. The monoisotopic (exact) mass is 1350 g/mol. The number of esters is 1. The maximum absolute atomic E-state index is 14.9. The lowest BCUT2D eigenvalue weighted by Crippen LogP contribution is -2.57. The number of hydrogen-bond donors (Lipinski definition) is 10. The summed E-state index contributed by atoms with van der Waals surface area (Å²) >= 11 is 2.54. The van der Waals surface area contributed by atoms with Crippen molar-refractivity contribution in [2.75, 3.05) is 44.9 Å². The molecule has 10 N–H and O–H groups in total. The highest BCUT2D eigenvalue weighted by Crippen LogP contribution is 2.32. The zero-order valence-corrected chi connectivity index (χ0v) is 55.0. The number of amides is 5. The van der Waals surface area contributed by atoms with Crippen LogP contribution in [0.4, 0.5) is 5.69 Å². The molecule has 1 aromatic heterocycles. The predicted molar refractivity (Wildman–Crippen MR) is 356 cm³/mol. The molecule has 95 heavy (non-hydrogen) atoms. The summed E-state index contributed by atoms with van der Waals surface area (Å²) in [7, 11) is 3.69. The number of hydrogen-bond acceptors (Lipinski definition) is 20. The van der Waals surface area contributed by atoms with E-state index in [-0.39, 0.29) is 49.6 Å². The van der Waals surface area contributed by atoms with Crippen LogP contribution in [0.25, 0.3) is 10.2 Å². The van der Waals surface area contributed by atoms with Crippen molar-refractivity contribution >= 4 is 109 Å². The minimum absolute atomic E-state index is 0.00463. The number of phenolic OH excluding ortho intramolecular Hbond substituents is 1. The van der Waals surface area contributed by atoms with Gasteiger partial charge in [0.25, 0.3) is 0 Å². The summed E-state index contributed by atoms with van der Waals surface area (Å²) in [4.78, 5) is 160. The standard InChI is InChI=1S/C68H84N8O17S2/c1-41(79)15-7-4-12-20-45(61(86)69-48-24-27-50-58(36-48)95-67(74-50)66-75-55(40-94-66)68(91)92)33-57(82)54(38-78)73-62(87)46(31-42-16-8-5-9-17-42)34-56(81)53(32-43-22-25-49(80)26-23-43)72-65(90)52(28-29-59(83)84)71-64(89)51(21-13-14-30-76(2)3)70-63(88)47(37-77)35-60(85)93-39-44-18-10-6-11-19-44/h5-6,8-11,16-19,22-27,36,45-47,51-55,77-78,80H,4,7,12-15,20-21,28-35,37-40H2,1-3H3,(H,69,86)(H,70,88)(H,71,89)(H,72,90)(H,73,87)(H,83,84)(H,91,92)/t45-,46-,47+,51+,52+,53+,54+,55-/m1/s1. The second kappa shape index (κ2) is 38.6. The molecule has 27 heteroatoms. The van der Waals surface area contributed by atoms with Crippen LogP contribution in [0.15, 0.2) is 108 Å². The van der Waals surface area contributed by atoms with Crippen molar-refractivity contribution in [3.05, 3.63) is 125 Å². The Kier molecular flexibility index (Phi) is 30.6. The van der Waals surface area contributed by atoms with Gasteiger partial charge in [0.05, 0.1) is 41.8 Å². The highest BCUT2D eigenvalue weighted by molar-refractivity contribution is 8.15. The molecule has 2 heterocycles. The number of nitrogens with one attached hydrogen (secondary N) is 5. The van der Waals surface area contributed by atoms with E-state index in [1.807, 2.05) is 19.0 Å². The van der Waals surface area contributed by atoms with Gasteiger partial charge >= 0.3 is 17.9 Å². The predicted octanol–water partition coefficient (Wildman–Crippen LogP) is 5.33. The number of aliphatic hydroxyl groups is 2. The molecule has 5 aromatic rings. The van der Waals surface area contributed by atoms with Crippen molar-refractivity contribution in [2.45, 2.75) is 140 Å². The Labute approximate surface area is 558 Å². The molecule has 0 saturated carbocycles. The van der Waals surface area contributed by atoms with Crippen LogP contribution in [0.1, 0.15) is 112 Å². The van der Waals surface area contributed by atoms with Gasteiger partial charge in [0.15, 0.2) is 17.6 Å². The van der Waals surface area contributed by atoms with E-state index in [0.717, 1.165) is 0 Å². The molecule has 25 nitrogen and oxygen atoms in total. The quantitative estimate of drug-likeness (QED) is 0.0174. The van der Waals surface area contributed by atoms with Gasteiger partial charge in [-0.15, -0.1) is 23.1 Å². The number of phenols is 1. The van der Waals surface area contributed by atoms with Crippen LogP contribution < -0.4 is 26.6 Å². The number of ether oxygens (including phenoxy) is 1. The maximum Gasteiger partial charge on any atom is 0.329 e.